The normalized spacial score (nSPS) is 13.8. The van der Waals surface area contributed by atoms with E-state index in [-0.39, 0.29) is 0 Å². The van der Waals surface area contributed by atoms with Crippen LogP contribution in [-0.2, 0) is 0 Å². The summed E-state index contributed by atoms with van der Waals surface area (Å²) in [4.78, 5) is 12.0. The standard InChI is InChI=1S/C13H13ClN4O2S/c1-20-10-5-4-8(14)6-9(10)15-12(19)16-13-18-17-11(21-13)7-2-3-7/h4-7H,2-3H2,1H3,(H2,15,16,18,19). The molecule has 0 aliphatic heterocycles. The zero-order valence-corrected chi connectivity index (χ0v) is 12.8. The Labute approximate surface area is 130 Å². The first kappa shape index (κ1) is 14.1. The summed E-state index contributed by atoms with van der Waals surface area (Å²) in [6.07, 6.45) is 2.31. The highest BCUT2D eigenvalue weighted by atomic mass is 35.5. The number of amides is 2. The molecule has 3 rings (SSSR count). The Hall–Kier alpha value is -1.86. The van der Waals surface area contributed by atoms with Gasteiger partial charge in [0, 0.05) is 10.9 Å². The van der Waals surface area contributed by atoms with E-state index < -0.39 is 6.03 Å². The number of rotatable bonds is 4. The number of methoxy groups -OCH3 is 1. The number of benzene rings is 1. The second-order valence-corrected chi connectivity index (χ2v) is 6.09. The van der Waals surface area contributed by atoms with Crippen LogP contribution in [-0.4, -0.2) is 23.3 Å². The summed E-state index contributed by atoms with van der Waals surface area (Å²) < 4.78 is 5.17. The van der Waals surface area contributed by atoms with Gasteiger partial charge in [-0.2, -0.15) is 0 Å². The molecule has 2 amide bonds. The third-order valence-electron chi connectivity index (χ3n) is 3.00. The number of nitrogens with one attached hydrogen (secondary N) is 2. The van der Waals surface area contributed by atoms with Gasteiger partial charge in [-0.25, -0.2) is 4.79 Å². The fraction of sp³-hybridized carbons (Fsp3) is 0.308. The zero-order chi connectivity index (χ0) is 14.8. The Morgan fingerprint density at radius 2 is 2.19 bits per heavy atom. The molecule has 1 heterocycles. The number of hydrogen-bond donors (Lipinski definition) is 2. The second-order valence-electron chi connectivity index (χ2n) is 4.64. The van der Waals surface area contributed by atoms with Gasteiger partial charge in [-0.1, -0.05) is 22.9 Å². The molecule has 0 atom stereocenters. The smallest absolute Gasteiger partial charge is 0.325 e. The molecule has 1 aromatic heterocycles. The van der Waals surface area contributed by atoms with E-state index in [0.717, 1.165) is 17.8 Å². The molecule has 0 saturated heterocycles. The maximum Gasteiger partial charge on any atom is 0.325 e. The molecule has 1 aliphatic rings. The number of carbonyl (C=O) groups excluding carboxylic acids is 1. The van der Waals surface area contributed by atoms with E-state index in [9.17, 15) is 4.79 Å². The Kier molecular flexibility index (Phi) is 3.94. The third-order valence-corrected chi connectivity index (χ3v) is 4.23. The first-order valence-corrected chi connectivity index (χ1v) is 7.60. The average molecular weight is 325 g/mol. The number of aromatic nitrogens is 2. The molecule has 1 aromatic carbocycles. The Bertz CT molecular complexity index is 672. The number of urea groups is 1. The molecule has 1 fully saturated rings. The summed E-state index contributed by atoms with van der Waals surface area (Å²) in [7, 11) is 1.53. The van der Waals surface area contributed by atoms with Crippen LogP contribution in [0.25, 0.3) is 0 Å². The molecular formula is C13H13ClN4O2S. The van der Waals surface area contributed by atoms with Crippen molar-refractivity contribution in [3.63, 3.8) is 0 Å². The van der Waals surface area contributed by atoms with Crippen molar-refractivity contribution >= 4 is 39.8 Å². The fourth-order valence-electron chi connectivity index (χ4n) is 1.81. The minimum absolute atomic E-state index is 0.408. The summed E-state index contributed by atoms with van der Waals surface area (Å²) in [5.74, 6) is 1.06. The lowest BCUT2D eigenvalue weighted by Crippen LogP contribution is -2.19. The first-order chi connectivity index (χ1) is 10.2. The number of anilines is 2. The van der Waals surface area contributed by atoms with Gasteiger partial charge in [0.15, 0.2) is 0 Å². The molecule has 0 bridgehead atoms. The summed E-state index contributed by atoms with van der Waals surface area (Å²) >= 11 is 7.32. The SMILES string of the molecule is COc1ccc(Cl)cc1NC(=O)Nc1nnc(C2CC2)s1. The van der Waals surface area contributed by atoms with Gasteiger partial charge in [0.25, 0.3) is 0 Å². The molecule has 0 radical (unpaired) electrons. The highest BCUT2D eigenvalue weighted by Crippen LogP contribution is 2.42. The Morgan fingerprint density at radius 3 is 2.90 bits per heavy atom. The number of carbonyl (C=O) groups is 1. The van der Waals surface area contributed by atoms with Crippen molar-refractivity contribution in [1.82, 2.24) is 10.2 Å². The quantitative estimate of drug-likeness (QED) is 0.898. The summed E-state index contributed by atoms with van der Waals surface area (Å²) in [5.41, 5.74) is 0.495. The number of hydrogen-bond acceptors (Lipinski definition) is 5. The van der Waals surface area contributed by atoms with Crippen LogP contribution in [0.1, 0.15) is 23.8 Å². The molecule has 2 N–H and O–H groups in total. The predicted molar refractivity (Wildman–Crippen MR) is 82.5 cm³/mol. The molecule has 0 unspecified atom stereocenters. The van der Waals surface area contributed by atoms with E-state index in [4.69, 9.17) is 16.3 Å². The monoisotopic (exact) mass is 324 g/mol. The highest BCUT2D eigenvalue weighted by molar-refractivity contribution is 7.15. The third kappa shape index (κ3) is 3.43. The van der Waals surface area contributed by atoms with Gasteiger partial charge in [0.1, 0.15) is 10.8 Å². The van der Waals surface area contributed by atoms with E-state index in [2.05, 4.69) is 20.8 Å². The van der Waals surface area contributed by atoms with E-state index in [1.165, 1.54) is 18.4 Å². The van der Waals surface area contributed by atoms with Crippen molar-refractivity contribution in [2.75, 3.05) is 17.7 Å². The maximum absolute atomic E-state index is 12.0. The van der Waals surface area contributed by atoms with Crippen LogP contribution >= 0.6 is 22.9 Å². The molecule has 0 spiro atoms. The van der Waals surface area contributed by atoms with Gasteiger partial charge < -0.3 is 10.1 Å². The lowest BCUT2D eigenvalue weighted by molar-refractivity contribution is 0.262. The highest BCUT2D eigenvalue weighted by Gasteiger charge is 2.27. The minimum atomic E-state index is -0.408. The van der Waals surface area contributed by atoms with E-state index in [1.807, 2.05) is 0 Å². The predicted octanol–water partition coefficient (Wildman–Crippen LogP) is 3.72. The fourth-order valence-corrected chi connectivity index (χ4v) is 2.89. The van der Waals surface area contributed by atoms with Crippen LogP contribution in [0, 0.1) is 0 Å². The van der Waals surface area contributed by atoms with Gasteiger partial charge in [-0.15, -0.1) is 10.2 Å². The van der Waals surface area contributed by atoms with Crippen molar-refractivity contribution in [3.8, 4) is 5.75 Å². The minimum Gasteiger partial charge on any atom is -0.495 e. The van der Waals surface area contributed by atoms with Gasteiger partial charge in [-0.05, 0) is 31.0 Å². The number of halogens is 1. The zero-order valence-electron chi connectivity index (χ0n) is 11.2. The molecule has 1 saturated carbocycles. The van der Waals surface area contributed by atoms with Crippen LogP contribution in [0.4, 0.5) is 15.6 Å². The lowest BCUT2D eigenvalue weighted by Gasteiger charge is -2.10. The molecule has 6 nitrogen and oxygen atoms in total. The van der Waals surface area contributed by atoms with Crippen LogP contribution in [0.2, 0.25) is 5.02 Å². The molecule has 21 heavy (non-hydrogen) atoms. The average Bonchev–Trinajstić information content (AvgIpc) is 3.20. The topological polar surface area (TPSA) is 76.1 Å². The molecule has 8 heteroatoms. The summed E-state index contributed by atoms with van der Waals surface area (Å²) in [6, 6.07) is 4.59. The van der Waals surface area contributed by atoms with Crippen LogP contribution in [0.3, 0.4) is 0 Å². The van der Waals surface area contributed by atoms with E-state index in [1.54, 1.807) is 18.2 Å². The number of ether oxygens (including phenoxy) is 1. The van der Waals surface area contributed by atoms with Crippen LogP contribution in [0.15, 0.2) is 18.2 Å². The van der Waals surface area contributed by atoms with Crippen LogP contribution < -0.4 is 15.4 Å². The molecule has 2 aromatic rings. The molecular weight excluding hydrogens is 312 g/mol. The van der Waals surface area contributed by atoms with Crippen molar-refractivity contribution in [1.29, 1.82) is 0 Å². The van der Waals surface area contributed by atoms with Gasteiger partial charge in [0.05, 0.1) is 12.8 Å². The number of nitrogens with zero attached hydrogens (tertiary/aromatic N) is 2. The van der Waals surface area contributed by atoms with Crippen molar-refractivity contribution in [2.24, 2.45) is 0 Å². The van der Waals surface area contributed by atoms with Crippen LogP contribution in [0.5, 0.6) is 5.75 Å². The summed E-state index contributed by atoms with van der Waals surface area (Å²) in [6.45, 7) is 0. The van der Waals surface area contributed by atoms with Crippen molar-refractivity contribution < 1.29 is 9.53 Å². The molecule has 1 aliphatic carbocycles. The van der Waals surface area contributed by atoms with Gasteiger partial charge in [-0.3, -0.25) is 5.32 Å². The second kappa shape index (κ2) is 5.87. The maximum atomic E-state index is 12.0. The Balaban J connectivity index is 1.66. The largest absolute Gasteiger partial charge is 0.495 e. The first-order valence-electron chi connectivity index (χ1n) is 6.40. The van der Waals surface area contributed by atoms with Crippen molar-refractivity contribution in [2.45, 2.75) is 18.8 Å². The summed E-state index contributed by atoms with van der Waals surface area (Å²) in [5, 5.41) is 15.3. The lowest BCUT2D eigenvalue weighted by atomic mass is 10.3. The Morgan fingerprint density at radius 1 is 1.38 bits per heavy atom. The molecule has 110 valence electrons. The van der Waals surface area contributed by atoms with Crippen molar-refractivity contribution in [3.05, 3.63) is 28.2 Å². The van der Waals surface area contributed by atoms with Gasteiger partial charge >= 0.3 is 6.03 Å². The van der Waals surface area contributed by atoms with E-state index >= 15 is 0 Å². The van der Waals surface area contributed by atoms with Gasteiger partial charge in [0.2, 0.25) is 5.13 Å². The van der Waals surface area contributed by atoms with E-state index in [0.29, 0.717) is 27.5 Å².